The van der Waals surface area contributed by atoms with Crippen molar-refractivity contribution < 1.29 is 18.4 Å². The molecule has 0 unspecified atom stereocenters. The van der Waals surface area contributed by atoms with Crippen molar-refractivity contribution in [1.29, 1.82) is 0 Å². The summed E-state index contributed by atoms with van der Waals surface area (Å²) in [6, 6.07) is 9.24. The monoisotopic (exact) mass is 422 g/mol. The molecule has 0 heterocycles. The number of benzene rings is 2. The lowest BCUT2D eigenvalue weighted by Gasteiger charge is -2.30. The van der Waals surface area contributed by atoms with E-state index >= 15 is 0 Å². The van der Waals surface area contributed by atoms with E-state index in [1.165, 1.54) is 29.2 Å². The van der Waals surface area contributed by atoms with Gasteiger partial charge in [-0.2, -0.15) is 0 Å². The van der Waals surface area contributed by atoms with E-state index in [0.29, 0.717) is 0 Å². The number of carbonyl (C=O) groups excluding carboxylic acids is 2. The van der Waals surface area contributed by atoms with Crippen LogP contribution in [0.2, 0.25) is 5.02 Å². The first-order valence-corrected chi connectivity index (χ1v) is 9.88. The van der Waals surface area contributed by atoms with Crippen molar-refractivity contribution in [2.75, 3.05) is 0 Å². The van der Waals surface area contributed by atoms with Gasteiger partial charge in [0.05, 0.1) is 6.42 Å². The van der Waals surface area contributed by atoms with Crippen LogP contribution in [0, 0.1) is 11.6 Å². The van der Waals surface area contributed by atoms with Crippen molar-refractivity contribution in [2.45, 2.75) is 52.2 Å². The Bertz CT molecular complexity index is 855. The highest BCUT2D eigenvalue weighted by Gasteiger charge is 2.28. The summed E-state index contributed by atoms with van der Waals surface area (Å²) in [6.45, 7) is 5.23. The fraction of sp³-hybridized carbons (Fsp3) is 0.364. The normalized spacial score (nSPS) is 12.9. The minimum absolute atomic E-state index is 0.0484. The van der Waals surface area contributed by atoms with E-state index in [4.69, 9.17) is 11.6 Å². The Kier molecular flexibility index (Phi) is 8.14. The molecule has 2 aromatic carbocycles. The van der Waals surface area contributed by atoms with Gasteiger partial charge in [0.1, 0.15) is 17.7 Å². The number of rotatable bonds is 8. The van der Waals surface area contributed by atoms with E-state index in [-0.39, 0.29) is 41.1 Å². The van der Waals surface area contributed by atoms with Crippen LogP contribution in [-0.2, 0) is 22.6 Å². The first kappa shape index (κ1) is 22.8. The predicted octanol–water partition coefficient (Wildman–Crippen LogP) is 4.49. The van der Waals surface area contributed by atoms with Gasteiger partial charge in [-0.25, -0.2) is 8.78 Å². The standard InChI is InChI=1S/C22H25ClF2N2O2/c1-4-14(2)26-22(29)15(3)27(13-16-8-5-6-10-19(16)24)21(28)12-17-18(23)9-7-11-20(17)25/h5-11,14-15H,4,12-13H2,1-3H3,(H,26,29)/t14-,15+/m1/s1. The van der Waals surface area contributed by atoms with Gasteiger partial charge in [-0.3, -0.25) is 9.59 Å². The van der Waals surface area contributed by atoms with Crippen molar-refractivity contribution in [3.8, 4) is 0 Å². The van der Waals surface area contributed by atoms with Crippen molar-refractivity contribution in [1.82, 2.24) is 10.2 Å². The lowest BCUT2D eigenvalue weighted by molar-refractivity contribution is -0.140. The summed E-state index contributed by atoms with van der Waals surface area (Å²) in [4.78, 5) is 26.9. The number of hydrogen-bond donors (Lipinski definition) is 1. The molecule has 29 heavy (non-hydrogen) atoms. The van der Waals surface area contributed by atoms with Crippen LogP contribution in [0.25, 0.3) is 0 Å². The van der Waals surface area contributed by atoms with Crippen LogP contribution in [0.1, 0.15) is 38.3 Å². The first-order chi connectivity index (χ1) is 13.7. The van der Waals surface area contributed by atoms with E-state index < -0.39 is 23.6 Å². The molecule has 1 N–H and O–H groups in total. The Morgan fingerprint density at radius 3 is 2.34 bits per heavy atom. The molecule has 0 saturated heterocycles. The molecule has 0 aliphatic carbocycles. The molecule has 2 atom stereocenters. The number of hydrogen-bond acceptors (Lipinski definition) is 2. The Morgan fingerprint density at radius 1 is 1.07 bits per heavy atom. The molecule has 0 radical (unpaired) electrons. The largest absolute Gasteiger partial charge is 0.352 e. The lowest BCUT2D eigenvalue weighted by Crippen LogP contribution is -2.50. The van der Waals surface area contributed by atoms with E-state index in [1.54, 1.807) is 25.1 Å². The molecular weight excluding hydrogens is 398 g/mol. The Hall–Kier alpha value is -2.47. The zero-order chi connectivity index (χ0) is 21.6. The van der Waals surface area contributed by atoms with Gasteiger partial charge in [0, 0.05) is 28.7 Å². The lowest BCUT2D eigenvalue weighted by atomic mass is 10.1. The fourth-order valence-electron chi connectivity index (χ4n) is 2.81. The third kappa shape index (κ3) is 6.00. The first-order valence-electron chi connectivity index (χ1n) is 9.50. The third-order valence-corrected chi connectivity index (χ3v) is 5.21. The summed E-state index contributed by atoms with van der Waals surface area (Å²) >= 11 is 6.04. The molecule has 7 heteroatoms. The van der Waals surface area contributed by atoms with Crippen LogP contribution in [0.4, 0.5) is 8.78 Å². The minimum atomic E-state index is -0.873. The minimum Gasteiger partial charge on any atom is -0.352 e. The maximum absolute atomic E-state index is 14.2. The molecule has 0 bridgehead atoms. The molecule has 0 fully saturated rings. The zero-order valence-corrected chi connectivity index (χ0v) is 17.5. The average molecular weight is 423 g/mol. The molecule has 0 saturated carbocycles. The Labute approximate surface area is 174 Å². The highest BCUT2D eigenvalue weighted by molar-refractivity contribution is 6.31. The predicted molar refractivity (Wildman–Crippen MR) is 109 cm³/mol. The van der Waals surface area contributed by atoms with Crippen LogP contribution in [0.3, 0.4) is 0 Å². The molecular formula is C22H25ClF2N2O2. The van der Waals surface area contributed by atoms with E-state index in [0.717, 1.165) is 6.42 Å². The maximum Gasteiger partial charge on any atom is 0.242 e. The molecule has 0 aromatic heterocycles. The number of nitrogens with one attached hydrogen (secondary N) is 1. The van der Waals surface area contributed by atoms with Crippen molar-refractivity contribution >= 4 is 23.4 Å². The highest BCUT2D eigenvalue weighted by Crippen LogP contribution is 2.22. The molecule has 0 aliphatic rings. The fourth-order valence-corrected chi connectivity index (χ4v) is 3.04. The summed E-state index contributed by atoms with van der Waals surface area (Å²) in [5.41, 5.74) is 0.316. The van der Waals surface area contributed by atoms with Gasteiger partial charge in [-0.1, -0.05) is 42.8 Å². The number of halogens is 3. The van der Waals surface area contributed by atoms with Crippen molar-refractivity contribution in [2.24, 2.45) is 0 Å². The molecule has 4 nitrogen and oxygen atoms in total. The van der Waals surface area contributed by atoms with Crippen LogP contribution in [0.15, 0.2) is 42.5 Å². The number of amides is 2. The van der Waals surface area contributed by atoms with Gasteiger partial charge in [0.25, 0.3) is 0 Å². The number of carbonyl (C=O) groups is 2. The van der Waals surface area contributed by atoms with Crippen molar-refractivity contribution in [3.05, 3.63) is 70.2 Å². The zero-order valence-electron chi connectivity index (χ0n) is 16.7. The van der Waals surface area contributed by atoms with Crippen molar-refractivity contribution in [3.63, 3.8) is 0 Å². The molecule has 2 rings (SSSR count). The summed E-state index contributed by atoms with van der Waals surface area (Å²) in [6.07, 6.45) is 0.394. The van der Waals surface area contributed by atoms with Crippen LogP contribution in [-0.4, -0.2) is 28.8 Å². The maximum atomic E-state index is 14.2. The van der Waals surface area contributed by atoms with Crippen LogP contribution in [0.5, 0.6) is 0 Å². The molecule has 2 amide bonds. The molecule has 2 aromatic rings. The molecule has 0 spiro atoms. The summed E-state index contributed by atoms with van der Waals surface area (Å²) < 4.78 is 28.3. The van der Waals surface area contributed by atoms with Gasteiger partial charge in [-0.05, 0) is 38.5 Å². The van der Waals surface area contributed by atoms with Gasteiger partial charge < -0.3 is 10.2 Å². The quantitative estimate of drug-likeness (QED) is 0.681. The molecule has 0 aliphatic heterocycles. The van der Waals surface area contributed by atoms with E-state index in [9.17, 15) is 18.4 Å². The summed E-state index contributed by atoms with van der Waals surface area (Å²) in [5.74, 6) is -1.96. The second kappa shape index (κ2) is 10.3. The van der Waals surface area contributed by atoms with E-state index in [2.05, 4.69) is 5.32 Å². The summed E-state index contributed by atoms with van der Waals surface area (Å²) in [7, 11) is 0. The van der Waals surface area contributed by atoms with Crippen LogP contribution < -0.4 is 5.32 Å². The summed E-state index contributed by atoms with van der Waals surface area (Å²) in [5, 5.41) is 2.95. The second-order valence-electron chi connectivity index (χ2n) is 6.98. The smallest absolute Gasteiger partial charge is 0.242 e. The van der Waals surface area contributed by atoms with Crippen LogP contribution >= 0.6 is 11.6 Å². The third-order valence-electron chi connectivity index (χ3n) is 4.86. The highest BCUT2D eigenvalue weighted by atomic mass is 35.5. The van der Waals surface area contributed by atoms with Gasteiger partial charge >= 0.3 is 0 Å². The van der Waals surface area contributed by atoms with Gasteiger partial charge in [-0.15, -0.1) is 0 Å². The van der Waals surface area contributed by atoms with Gasteiger partial charge in [0.2, 0.25) is 11.8 Å². The van der Waals surface area contributed by atoms with Gasteiger partial charge in [0.15, 0.2) is 0 Å². The van der Waals surface area contributed by atoms with E-state index in [1.807, 2.05) is 13.8 Å². The topological polar surface area (TPSA) is 49.4 Å². The Balaban J connectivity index is 2.31. The SMILES string of the molecule is CC[C@@H](C)NC(=O)[C@H](C)N(Cc1ccccc1F)C(=O)Cc1c(F)cccc1Cl. The Morgan fingerprint density at radius 2 is 1.72 bits per heavy atom. The molecule has 156 valence electrons. The number of nitrogens with zero attached hydrogens (tertiary/aromatic N) is 1. The average Bonchev–Trinajstić information content (AvgIpc) is 2.69. The second-order valence-corrected chi connectivity index (χ2v) is 7.39.